The maximum atomic E-state index is 12.8. The minimum Gasteiger partial charge on any atom is -0.374 e. The smallest absolute Gasteiger partial charge is 0.255 e. The third-order valence-corrected chi connectivity index (χ3v) is 4.50. The summed E-state index contributed by atoms with van der Waals surface area (Å²) in [5.41, 5.74) is 6.82. The van der Waals surface area contributed by atoms with E-state index in [1.54, 1.807) is 23.7 Å². The van der Waals surface area contributed by atoms with Crippen LogP contribution in [-0.4, -0.2) is 50.4 Å². The van der Waals surface area contributed by atoms with E-state index in [4.69, 9.17) is 10.5 Å². The van der Waals surface area contributed by atoms with E-state index in [9.17, 15) is 4.79 Å². The quantitative estimate of drug-likeness (QED) is 0.687. The number of benzene rings is 1. The van der Waals surface area contributed by atoms with E-state index in [0.29, 0.717) is 18.2 Å². The summed E-state index contributed by atoms with van der Waals surface area (Å²) >= 11 is 0. The van der Waals surface area contributed by atoms with Crippen molar-refractivity contribution in [3.8, 4) is 0 Å². The van der Waals surface area contributed by atoms with E-state index >= 15 is 0 Å². The highest BCUT2D eigenvalue weighted by Gasteiger charge is 2.32. The van der Waals surface area contributed by atoms with Crippen LogP contribution in [-0.2, 0) is 16.1 Å². The molecule has 3 aromatic rings. The number of fused-ring (bicyclic) bond motifs is 1. The molecule has 3 heterocycles. The lowest BCUT2D eigenvalue weighted by Gasteiger charge is -2.25. The van der Waals surface area contributed by atoms with Crippen LogP contribution in [0.15, 0.2) is 47.7 Å². The molecule has 0 aliphatic carbocycles. The number of aromatic nitrogens is 4. The van der Waals surface area contributed by atoms with Crippen LogP contribution < -0.4 is 11.1 Å². The molecule has 0 spiro atoms. The van der Waals surface area contributed by atoms with Crippen LogP contribution >= 0.6 is 0 Å². The van der Waals surface area contributed by atoms with E-state index in [1.807, 2.05) is 36.5 Å². The van der Waals surface area contributed by atoms with Gasteiger partial charge in [-0.3, -0.25) is 14.2 Å². The molecule has 2 bridgehead atoms. The van der Waals surface area contributed by atoms with Crippen LogP contribution in [0.3, 0.4) is 0 Å². The van der Waals surface area contributed by atoms with Gasteiger partial charge in [0.1, 0.15) is 11.6 Å². The van der Waals surface area contributed by atoms with Crippen LogP contribution in [0, 0.1) is 0 Å². The molecule has 9 heteroatoms. The standard InChI is InChI=1S/C19H21N7O2/c1-19(20)12-21-7-14-8-22-18-25-24-16(26(18)9-14)15(23-17(19)27)11-28-10-13-5-3-2-4-6-13/h2-9,15H,10-12,20H2,1H3,(H,23,27)/t15-,19?/m1/s1. The lowest BCUT2D eigenvalue weighted by atomic mass is 10.0. The number of nitrogens with two attached hydrogens (primary N) is 1. The van der Waals surface area contributed by atoms with E-state index in [0.717, 1.165) is 11.1 Å². The Labute approximate surface area is 161 Å². The highest BCUT2D eigenvalue weighted by atomic mass is 16.5. The average Bonchev–Trinajstić information content (AvgIpc) is 3.10. The number of carbonyl (C=O) groups excluding carboxylic acids is 1. The summed E-state index contributed by atoms with van der Waals surface area (Å²) in [6.45, 7) is 2.42. The monoisotopic (exact) mass is 379 g/mol. The molecular formula is C19H21N7O2. The van der Waals surface area contributed by atoms with Gasteiger partial charge in [0.15, 0.2) is 5.82 Å². The molecule has 1 unspecified atom stereocenters. The highest BCUT2D eigenvalue weighted by molar-refractivity contribution is 5.87. The van der Waals surface area contributed by atoms with Crippen molar-refractivity contribution in [2.24, 2.45) is 10.7 Å². The maximum absolute atomic E-state index is 12.8. The first-order valence-electron chi connectivity index (χ1n) is 8.95. The second-order valence-electron chi connectivity index (χ2n) is 7.03. The number of hydrogen-bond acceptors (Lipinski definition) is 7. The molecule has 0 radical (unpaired) electrons. The van der Waals surface area contributed by atoms with Gasteiger partial charge in [-0.15, -0.1) is 10.2 Å². The Morgan fingerprint density at radius 1 is 1.32 bits per heavy atom. The third-order valence-electron chi connectivity index (χ3n) is 4.50. The van der Waals surface area contributed by atoms with Gasteiger partial charge in [-0.25, -0.2) is 4.98 Å². The molecule has 0 saturated carbocycles. The Hall–Kier alpha value is -3.17. The molecule has 1 aromatic carbocycles. The van der Waals surface area contributed by atoms with E-state index < -0.39 is 11.6 Å². The van der Waals surface area contributed by atoms with E-state index in [-0.39, 0.29) is 19.1 Å². The minimum atomic E-state index is -1.16. The van der Waals surface area contributed by atoms with Crippen LogP contribution in [0.1, 0.15) is 29.9 Å². The van der Waals surface area contributed by atoms with Crippen LogP contribution in [0.25, 0.3) is 5.78 Å². The molecule has 0 saturated heterocycles. The van der Waals surface area contributed by atoms with Gasteiger partial charge in [-0.05, 0) is 12.5 Å². The number of hydrogen-bond donors (Lipinski definition) is 2. The van der Waals surface area contributed by atoms with Gasteiger partial charge in [-0.2, -0.15) is 0 Å². The van der Waals surface area contributed by atoms with Crippen molar-refractivity contribution in [2.45, 2.75) is 25.1 Å². The number of carbonyl (C=O) groups is 1. The van der Waals surface area contributed by atoms with E-state index in [2.05, 4.69) is 25.5 Å². The lowest BCUT2D eigenvalue weighted by molar-refractivity contribution is -0.126. The molecule has 2 aromatic heterocycles. The van der Waals surface area contributed by atoms with Crippen molar-refractivity contribution in [3.05, 3.63) is 59.7 Å². The van der Waals surface area contributed by atoms with Gasteiger partial charge in [0, 0.05) is 24.2 Å². The van der Waals surface area contributed by atoms with Crippen molar-refractivity contribution in [3.63, 3.8) is 0 Å². The second kappa shape index (κ2) is 7.45. The lowest BCUT2D eigenvalue weighted by Crippen LogP contribution is -2.55. The van der Waals surface area contributed by atoms with Gasteiger partial charge in [0.2, 0.25) is 5.91 Å². The topological polar surface area (TPSA) is 120 Å². The summed E-state index contributed by atoms with van der Waals surface area (Å²) < 4.78 is 7.59. The zero-order valence-corrected chi connectivity index (χ0v) is 15.4. The number of amides is 1. The predicted octanol–water partition coefficient (Wildman–Crippen LogP) is 0.648. The number of nitrogens with zero attached hydrogens (tertiary/aromatic N) is 5. The zero-order valence-electron chi connectivity index (χ0n) is 15.4. The number of rotatable bonds is 4. The SMILES string of the molecule is CC1(N)CN=Cc2cnc3nnc(n3c2)[C@@H](COCc2ccccc2)NC1=O. The summed E-state index contributed by atoms with van der Waals surface area (Å²) in [5.74, 6) is 0.624. The van der Waals surface area contributed by atoms with Crippen molar-refractivity contribution >= 4 is 17.9 Å². The molecule has 3 N–H and O–H groups in total. The fourth-order valence-corrected chi connectivity index (χ4v) is 2.91. The molecule has 9 nitrogen and oxygen atoms in total. The molecule has 1 amide bonds. The molecule has 4 rings (SSSR count). The summed E-state index contributed by atoms with van der Waals surface area (Å²) in [7, 11) is 0. The van der Waals surface area contributed by atoms with Gasteiger partial charge in [-0.1, -0.05) is 30.3 Å². The van der Waals surface area contributed by atoms with Crippen molar-refractivity contribution in [2.75, 3.05) is 13.2 Å². The molecule has 1 aliphatic rings. The fraction of sp³-hybridized carbons (Fsp3) is 0.316. The normalized spacial score (nSPS) is 22.2. The summed E-state index contributed by atoms with van der Waals surface area (Å²) in [5, 5.41) is 11.2. The minimum absolute atomic E-state index is 0.148. The maximum Gasteiger partial charge on any atom is 0.255 e. The van der Waals surface area contributed by atoms with Crippen LogP contribution in [0.5, 0.6) is 0 Å². The van der Waals surface area contributed by atoms with Crippen molar-refractivity contribution < 1.29 is 9.53 Å². The van der Waals surface area contributed by atoms with Crippen LogP contribution in [0.2, 0.25) is 0 Å². The Morgan fingerprint density at radius 2 is 2.14 bits per heavy atom. The first kappa shape index (κ1) is 18.2. The predicted molar refractivity (Wildman–Crippen MR) is 103 cm³/mol. The average molecular weight is 379 g/mol. The van der Waals surface area contributed by atoms with Gasteiger partial charge in [0.25, 0.3) is 5.78 Å². The summed E-state index contributed by atoms with van der Waals surface area (Å²) in [6.07, 6.45) is 5.12. The van der Waals surface area contributed by atoms with Gasteiger partial charge < -0.3 is 15.8 Å². The number of ether oxygens (including phenoxy) is 1. The van der Waals surface area contributed by atoms with E-state index in [1.165, 1.54) is 0 Å². The Kier molecular flexibility index (Phi) is 4.84. The van der Waals surface area contributed by atoms with Gasteiger partial charge >= 0.3 is 0 Å². The van der Waals surface area contributed by atoms with Crippen LogP contribution in [0.4, 0.5) is 0 Å². The largest absolute Gasteiger partial charge is 0.374 e. The fourth-order valence-electron chi connectivity index (χ4n) is 2.91. The Bertz CT molecular complexity index is 1010. The molecule has 144 valence electrons. The first-order valence-corrected chi connectivity index (χ1v) is 8.95. The highest BCUT2D eigenvalue weighted by Crippen LogP contribution is 2.16. The molecule has 2 atom stereocenters. The molecular weight excluding hydrogens is 358 g/mol. The molecule has 0 fully saturated rings. The molecule has 1 aliphatic heterocycles. The number of nitrogens with one attached hydrogen (secondary N) is 1. The van der Waals surface area contributed by atoms with Crippen molar-refractivity contribution in [1.82, 2.24) is 24.9 Å². The second-order valence-corrected chi connectivity index (χ2v) is 7.03. The number of aliphatic imine (C=N–C) groups is 1. The zero-order chi connectivity index (χ0) is 19.6. The third kappa shape index (κ3) is 3.75. The van der Waals surface area contributed by atoms with Gasteiger partial charge in [0.05, 0.1) is 19.8 Å². The first-order chi connectivity index (χ1) is 13.5. The Balaban J connectivity index is 1.65. The summed E-state index contributed by atoms with van der Waals surface area (Å²) in [6, 6.07) is 9.27. The van der Waals surface area contributed by atoms with Crippen molar-refractivity contribution in [1.29, 1.82) is 0 Å². The molecule has 28 heavy (non-hydrogen) atoms. The summed E-state index contributed by atoms with van der Waals surface area (Å²) in [4.78, 5) is 21.3. The Morgan fingerprint density at radius 3 is 2.96 bits per heavy atom.